The Labute approximate surface area is 173 Å². The molecule has 8 heteroatoms. The molecule has 1 N–H and O–H groups in total. The highest BCUT2D eigenvalue weighted by molar-refractivity contribution is 7.89. The van der Waals surface area contributed by atoms with E-state index < -0.39 is 22.1 Å². The van der Waals surface area contributed by atoms with Gasteiger partial charge in [0, 0.05) is 19.1 Å². The first kappa shape index (κ1) is 23.3. The van der Waals surface area contributed by atoms with Crippen LogP contribution < -0.4 is 5.32 Å². The number of amides is 1. The summed E-state index contributed by atoms with van der Waals surface area (Å²) in [4.78, 5) is 24.9. The van der Waals surface area contributed by atoms with E-state index in [1.807, 2.05) is 0 Å². The number of benzene rings is 1. The zero-order chi connectivity index (χ0) is 21.6. The highest BCUT2D eigenvalue weighted by Crippen LogP contribution is 2.24. The Morgan fingerprint density at radius 2 is 1.72 bits per heavy atom. The minimum Gasteiger partial charge on any atom is -0.449 e. The molecule has 0 radical (unpaired) electrons. The van der Waals surface area contributed by atoms with Gasteiger partial charge < -0.3 is 10.1 Å². The van der Waals surface area contributed by atoms with Gasteiger partial charge in [-0.25, -0.2) is 13.2 Å². The van der Waals surface area contributed by atoms with Gasteiger partial charge in [-0.05, 0) is 49.9 Å². The maximum absolute atomic E-state index is 12.5. The Bertz CT molecular complexity index is 803. The van der Waals surface area contributed by atoms with Crippen molar-refractivity contribution in [3.63, 3.8) is 0 Å². The number of rotatable bonds is 8. The predicted molar refractivity (Wildman–Crippen MR) is 111 cm³/mol. The van der Waals surface area contributed by atoms with Gasteiger partial charge in [-0.1, -0.05) is 33.6 Å². The van der Waals surface area contributed by atoms with Crippen molar-refractivity contribution >= 4 is 21.9 Å². The Kier molecular flexibility index (Phi) is 8.22. The molecule has 0 saturated heterocycles. The Morgan fingerprint density at radius 3 is 2.28 bits per heavy atom. The average molecular weight is 425 g/mol. The standard InChI is InChI=1S/C21H32N2O5S/c1-5-23(6-2)29(26,27)18-13-11-17(12-14-18)21(25)28-16(4)20(24)22-19-10-8-7-9-15(19)3/h11-16,19H,5-10H2,1-4H3,(H,22,24)/t15-,16+,19-/m0/s1. The van der Waals surface area contributed by atoms with E-state index in [0.29, 0.717) is 19.0 Å². The number of hydrogen-bond donors (Lipinski definition) is 1. The van der Waals surface area contributed by atoms with Gasteiger partial charge >= 0.3 is 5.97 Å². The number of hydrogen-bond acceptors (Lipinski definition) is 5. The van der Waals surface area contributed by atoms with Gasteiger partial charge in [0.15, 0.2) is 6.10 Å². The summed E-state index contributed by atoms with van der Waals surface area (Å²) in [6, 6.07) is 5.71. The number of nitrogens with one attached hydrogen (secondary N) is 1. The number of carbonyl (C=O) groups is 2. The van der Waals surface area contributed by atoms with Crippen molar-refractivity contribution in [2.45, 2.75) is 70.4 Å². The van der Waals surface area contributed by atoms with Gasteiger partial charge in [-0.15, -0.1) is 0 Å². The number of carbonyl (C=O) groups excluding carboxylic acids is 2. The lowest BCUT2D eigenvalue weighted by molar-refractivity contribution is -0.130. The number of esters is 1. The van der Waals surface area contributed by atoms with Crippen molar-refractivity contribution in [3.05, 3.63) is 29.8 Å². The second kappa shape index (κ2) is 10.2. The van der Waals surface area contributed by atoms with Gasteiger partial charge in [-0.2, -0.15) is 4.31 Å². The number of sulfonamides is 1. The van der Waals surface area contributed by atoms with Crippen LogP contribution >= 0.6 is 0 Å². The molecule has 0 aliphatic heterocycles. The van der Waals surface area contributed by atoms with Crippen molar-refractivity contribution in [2.75, 3.05) is 13.1 Å². The number of ether oxygens (including phenoxy) is 1. The Hall–Kier alpha value is -1.93. The minimum absolute atomic E-state index is 0.113. The van der Waals surface area contributed by atoms with Crippen LogP contribution in [0.1, 0.15) is 63.7 Å². The maximum Gasteiger partial charge on any atom is 0.338 e. The summed E-state index contributed by atoms with van der Waals surface area (Å²) in [7, 11) is -3.58. The molecule has 3 atom stereocenters. The third-order valence-electron chi connectivity index (χ3n) is 5.53. The lowest BCUT2D eigenvalue weighted by Crippen LogP contribution is -2.45. The molecule has 1 amide bonds. The SMILES string of the molecule is CCN(CC)S(=O)(=O)c1ccc(C(=O)O[C@H](C)C(=O)N[C@H]2CCCC[C@@H]2C)cc1. The third-order valence-corrected chi connectivity index (χ3v) is 7.59. The van der Waals surface area contributed by atoms with E-state index in [2.05, 4.69) is 12.2 Å². The number of nitrogens with zero attached hydrogens (tertiary/aromatic N) is 1. The van der Waals surface area contributed by atoms with E-state index in [1.54, 1.807) is 20.8 Å². The van der Waals surface area contributed by atoms with E-state index in [4.69, 9.17) is 4.74 Å². The summed E-state index contributed by atoms with van der Waals surface area (Å²) < 4.78 is 31.7. The molecule has 1 aliphatic carbocycles. The molecule has 29 heavy (non-hydrogen) atoms. The maximum atomic E-state index is 12.5. The molecule has 7 nitrogen and oxygen atoms in total. The fourth-order valence-corrected chi connectivity index (χ4v) is 5.05. The molecule has 1 saturated carbocycles. The molecule has 0 aromatic heterocycles. The van der Waals surface area contributed by atoms with Gasteiger partial charge in [0.1, 0.15) is 0 Å². The van der Waals surface area contributed by atoms with E-state index in [9.17, 15) is 18.0 Å². The molecule has 1 fully saturated rings. The largest absolute Gasteiger partial charge is 0.449 e. The molecule has 0 bridgehead atoms. The summed E-state index contributed by atoms with van der Waals surface area (Å²) in [5.74, 6) is -0.551. The quantitative estimate of drug-likeness (QED) is 0.648. The smallest absolute Gasteiger partial charge is 0.338 e. The summed E-state index contributed by atoms with van der Waals surface area (Å²) in [6.07, 6.45) is 3.37. The Morgan fingerprint density at radius 1 is 1.14 bits per heavy atom. The second-order valence-corrected chi connectivity index (χ2v) is 9.48. The monoisotopic (exact) mass is 424 g/mol. The zero-order valence-corrected chi connectivity index (χ0v) is 18.5. The molecule has 0 spiro atoms. The van der Waals surface area contributed by atoms with Crippen molar-refractivity contribution in [2.24, 2.45) is 5.92 Å². The van der Waals surface area contributed by atoms with Crippen molar-refractivity contribution < 1.29 is 22.7 Å². The van der Waals surface area contributed by atoms with Crippen LogP contribution in [0, 0.1) is 5.92 Å². The van der Waals surface area contributed by atoms with Crippen LogP contribution in [0.25, 0.3) is 0 Å². The first-order chi connectivity index (χ1) is 13.7. The van der Waals surface area contributed by atoms with Crippen molar-refractivity contribution in [1.29, 1.82) is 0 Å². The highest BCUT2D eigenvalue weighted by atomic mass is 32.2. The summed E-state index contributed by atoms with van der Waals surface area (Å²) in [5.41, 5.74) is 0.203. The van der Waals surface area contributed by atoms with Crippen LogP contribution in [-0.2, 0) is 19.6 Å². The van der Waals surface area contributed by atoms with Gasteiger partial charge in [-0.3, -0.25) is 4.79 Å². The first-order valence-electron chi connectivity index (χ1n) is 10.3. The molecule has 2 rings (SSSR count). The lowest BCUT2D eigenvalue weighted by atomic mass is 9.86. The van der Waals surface area contributed by atoms with E-state index in [-0.39, 0.29) is 22.4 Å². The normalized spacial score (nSPS) is 20.9. The summed E-state index contributed by atoms with van der Waals surface area (Å²) in [5, 5.41) is 2.98. The molecular weight excluding hydrogens is 392 g/mol. The fourth-order valence-electron chi connectivity index (χ4n) is 3.59. The topological polar surface area (TPSA) is 92.8 Å². The predicted octanol–water partition coefficient (Wildman–Crippen LogP) is 2.96. The molecule has 162 valence electrons. The van der Waals surface area contributed by atoms with Gasteiger partial charge in [0.2, 0.25) is 10.0 Å². The molecule has 1 aromatic carbocycles. The van der Waals surface area contributed by atoms with E-state index in [1.165, 1.54) is 35.0 Å². The van der Waals surface area contributed by atoms with Crippen LogP contribution in [0.5, 0.6) is 0 Å². The zero-order valence-electron chi connectivity index (χ0n) is 17.7. The fraction of sp³-hybridized carbons (Fsp3) is 0.619. The molecule has 1 aromatic rings. The summed E-state index contributed by atoms with van der Waals surface area (Å²) in [6.45, 7) is 7.94. The van der Waals surface area contributed by atoms with E-state index >= 15 is 0 Å². The van der Waals surface area contributed by atoms with Crippen LogP contribution in [0.4, 0.5) is 0 Å². The third kappa shape index (κ3) is 5.79. The summed E-state index contributed by atoms with van der Waals surface area (Å²) >= 11 is 0. The van der Waals surface area contributed by atoms with Crippen LogP contribution in [0.15, 0.2) is 29.2 Å². The van der Waals surface area contributed by atoms with Crippen LogP contribution in [0.2, 0.25) is 0 Å². The second-order valence-electron chi connectivity index (χ2n) is 7.54. The van der Waals surface area contributed by atoms with Crippen LogP contribution in [-0.4, -0.2) is 49.8 Å². The molecule has 0 unspecified atom stereocenters. The highest BCUT2D eigenvalue weighted by Gasteiger charge is 2.27. The van der Waals surface area contributed by atoms with E-state index in [0.717, 1.165) is 19.3 Å². The van der Waals surface area contributed by atoms with Crippen molar-refractivity contribution in [1.82, 2.24) is 9.62 Å². The average Bonchev–Trinajstić information content (AvgIpc) is 2.70. The van der Waals surface area contributed by atoms with Gasteiger partial charge in [0.25, 0.3) is 5.91 Å². The minimum atomic E-state index is -3.58. The first-order valence-corrected chi connectivity index (χ1v) is 11.8. The van der Waals surface area contributed by atoms with Crippen LogP contribution in [0.3, 0.4) is 0 Å². The van der Waals surface area contributed by atoms with Crippen molar-refractivity contribution in [3.8, 4) is 0 Å². The Balaban J connectivity index is 1.98. The molecule has 0 heterocycles. The molecule has 1 aliphatic rings. The molecular formula is C21H32N2O5S. The lowest BCUT2D eigenvalue weighted by Gasteiger charge is -2.30. The van der Waals surface area contributed by atoms with Gasteiger partial charge in [0.05, 0.1) is 10.5 Å².